The first-order valence-corrected chi connectivity index (χ1v) is 7.20. The maximum absolute atomic E-state index is 13.2. The smallest absolute Gasteiger partial charge is 0.273 e. The molecular formula is C16H17FN2O3. The Morgan fingerprint density at radius 2 is 2.32 bits per heavy atom. The fourth-order valence-corrected chi connectivity index (χ4v) is 2.28. The molecule has 0 spiro atoms. The summed E-state index contributed by atoms with van der Waals surface area (Å²) in [5.41, 5.74) is 0.928. The molecule has 1 aliphatic rings. The number of methoxy groups -OCH3 is 1. The molecule has 116 valence electrons. The summed E-state index contributed by atoms with van der Waals surface area (Å²) in [7, 11) is 1.52. The summed E-state index contributed by atoms with van der Waals surface area (Å²) in [4.78, 5) is 12.1. The van der Waals surface area contributed by atoms with E-state index in [0.29, 0.717) is 11.5 Å². The summed E-state index contributed by atoms with van der Waals surface area (Å²) in [6, 6.07) is 7.80. The van der Waals surface area contributed by atoms with Crippen LogP contribution in [0.15, 0.2) is 34.9 Å². The highest BCUT2D eigenvalue weighted by Crippen LogP contribution is 2.40. The molecule has 5 nitrogen and oxygen atoms in total. The number of hydrogen-bond donors (Lipinski definition) is 1. The minimum atomic E-state index is -0.422. The van der Waals surface area contributed by atoms with Crippen LogP contribution in [0.2, 0.25) is 0 Å². The first-order valence-electron chi connectivity index (χ1n) is 7.20. The van der Waals surface area contributed by atoms with Crippen molar-refractivity contribution < 1.29 is 18.4 Å². The zero-order chi connectivity index (χ0) is 15.5. The summed E-state index contributed by atoms with van der Waals surface area (Å²) in [6.45, 7) is 0.227. The van der Waals surface area contributed by atoms with E-state index in [4.69, 9.17) is 9.26 Å². The van der Waals surface area contributed by atoms with E-state index in [9.17, 15) is 9.18 Å². The monoisotopic (exact) mass is 304 g/mol. The first kappa shape index (κ1) is 14.7. The van der Waals surface area contributed by atoms with E-state index in [1.807, 2.05) is 0 Å². The molecule has 1 aromatic carbocycles. The number of nitrogens with zero attached hydrogens (tertiary/aromatic N) is 1. The molecule has 22 heavy (non-hydrogen) atoms. The van der Waals surface area contributed by atoms with Gasteiger partial charge in [-0.15, -0.1) is 0 Å². The van der Waals surface area contributed by atoms with Crippen molar-refractivity contribution in [1.29, 1.82) is 0 Å². The molecule has 6 heteroatoms. The number of hydrogen-bond acceptors (Lipinski definition) is 4. The van der Waals surface area contributed by atoms with Gasteiger partial charge < -0.3 is 14.6 Å². The second-order valence-corrected chi connectivity index (χ2v) is 5.38. The van der Waals surface area contributed by atoms with Crippen molar-refractivity contribution in [3.63, 3.8) is 0 Å². The van der Waals surface area contributed by atoms with Crippen molar-refractivity contribution in [3.8, 4) is 0 Å². The van der Waals surface area contributed by atoms with Crippen LogP contribution in [0, 0.1) is 5.82 Å². The molecule has 0 unspecified atom stereocenters. The van der Waals surface area contributed by atoms with E-state index in [1.165, 1.54) is 19.2 Å². The summed E-state index contributed by atoms with van der Waals surface area (Å²) < 4.78 is 23.7. The lowest BCUT2D eigenvalue weighted by Gasteiger charge is -2.16. The molecular weight excluding hydrogens is 287 g/mol. The Hall–Kier alpha value is -2.21. The molecule has 1 saturated carbocycles. The van der Waals surface area contributed by atoms with Gasteiger partial charge in [0.1, 0.15) is 11.6 Å². The van der Waals surface area contributed by atoms with Crippen molar-refractivity contribution in [2.45, 2.75) is 24.9 Å². The average molecular weight is 304 g/mol. The molecule has 1 aliphatic carbocycles. The van der Waals surface area contributed by atoms with Gasteiger partial charge in [0.25, 0.3) is 5.91 Å². The van der Waals surface area contributed by atoms with Crippen molar-refractivity contribution in [2.24, 2.45) is 0 Å². The predicted molar refractivity (Wildman–Crippen MR) is 77.0 cm³/mol. The lowest BCUT2D eigenvalue weighted by atomic mass is 10.1. The number of benzene rings is 1. The largest absolute Gasteiger partial charge is 0.375 e. The number of rotatable bonds is 6. The predicted octanol–water partition coefficient (Wildman–Crippen LogP) is 2.81. The van der Waals surface area contributed by atoms with Crippen molar-refractivity contribution in [3.05, 3.63) is 53.2 Å². The second kappa shape index (κ2) is 6.27. The van der Waals surface area contributed by atoms with Crippen molar-refractivity contribution in [2.75, 3.05) is 13.7 Å². The normalized spacial score (nSPS) is 15.5. The Morgan fingerprint density at radius 1 is 1.50 bits per heavy atom. The van der Waals surface area contributed by atoms with Crippen molar-refractivity contribution >= 4 is 5.91 Å². The third kappa shape index (κ3) is 3.33. The lowest BCUT2D eigenvalue weighted by Crippen LogP contribution is -2.29. The quantitative estimate of drug-likeness (QED) is 0.891. The third-order valence-corrected chi connectivity index (χ3v) is 3.69. The van der Waals surface area contributed by atoms with E-state index in [-0.39, 0.29) is 24.0 Å². The Morgan fingerprint density at radius 3 is 3.00 bits per heavy atom. The molecule has 0 bridgehead atoms. The van der Waals surface area contributed by atoms with Crippen LogP contribution in [0.4, 0.5) is 4.39 Å². The van der Waals surface area contributed by atoms with E-state index in [2.05, 4.69) is 10.5 Å². The molecule has 0 aliphatic heterocycles. The van der Waals surface area contributed by atoms with E-state index in [1.54, 1.807) is 18.2 Å². The number of carbonyl (C=O) groups is 1. The van der Waals surface area contributed by atoms with Crippen LogP contribution in [0.1, 0.15) is 46.7 Å². The van der Waals surface area contributed by atoms with Gasteiger partial charge >= 0.3 is 0 Å². The standard InChI is InChI=1S/C16H17FN2O3/c1-21-15(11-3-2-4-12(17)7-11)9-18-16(20)13-8-14(22-19-13)10-5-6-10/h2-4,7-8,10,15H,5-6,9H2,1H3,(H,18,20)/t15-/m0/s1. The minimum absolute atomic E-state index is 0.227. The van der Waals surface area contributed by atoms with Gasteiger partial charge in [-0.1, -0.05) is 17.3 Å². The molecule has 0 radical (unpaired) electrons. The molecule has 3 rings (SSSR count). The molecule has 1 heterocycles. The topological polar surface area (TPSA) is 64.4 Å². The van der Waals surface area contributed by atoms with Crippen LogP contribution >= 0.6 is 0 Å². The van der Waals surface area contributed by atoms with Gasteiger partial charge in [0.2, 0.25) is 0 Å². The van der Waals surface area contributed by atoms with Gasteiger partial charge in [-0.25, -0.2) is 4.39 Å². The first-order chi connectivity index (χ1) is 10.7. The van der Waals surface area contributed by atoms with Gasteiger partial charge in [0, 0.05) is 25.6 Å². The maximum atomic E-state index is 13.2. The Balaban J connectivity index is 1.60. The lowest BCUT2D eigenvalue weighted by molar-refractivity contribution is 0.0820. The van der Waals surface area contributed by atoms with Gasteiger partial charge in [0.05, 0.1) is 6.10 Å². The zero-order valence-corrected chi connectivity index (χ0v) is 12.2. The highest BCUT2D eigenvalue weighted by atomic mass is 19.1. The molecule has 2 aromatic rings. The Kier molecular flexibility index (Phi) is 4.20. The number of amides is 1. The molecule has 0 saturated heterocycles. The number of nitrogens with one attached hydrogen (secondary N) is 1. The second-order valence-electron chi connectivity index (χ2n) is 5.38. The summed E-state index contributed by atoms with van der Waals surface area (Å²) in [5, 5.41) is 6.51. The summed E-state index contributed by atoms with van der Waals surface area (Å²) in [5.74, 6) is 0.511. The molecule has 1 amide bonds. The fourth-order valence-electron chi connectivity index (χ4n) is 2.28. The highest BCUT2D eigenvalue weighted by molar-refractivity contribution is 5.92. The SMILES string of the molecule is CO[C@@H](CNC(=O)c1cc(C2CC2)on1)c1cccc(F)c1. The van der Waals surface area contributed by atoms with Gasteiger partial charge in [-0.2, -0.15) is 0 Å². The van der Waals surface area contributed by atoms with Crippen molar-refractivity contribution in [1.82, 2.24) is 10.5 Å². The van der Waals surface area contributed by atoms with Gasteiger partial charge in [0.15, 0.2) is 5.69 Å². The average Bonchev–Trinajstić information content (AvgIpc) is 3.25. The van der Waals surface area contributed by atoms with Crippen LogP contribution < -0.4 is 5.32 Å². The zero-order valence-electron chi connectivity index (χ0n) is 12.2. The number of ether oxygens (including phenoxy) is 1. The number of aromatic nitrogens is 1. The van der Waals surface area contributed by atoms with E-state index < -0.39 is 6.10 Å². The third-order valence-electron chi connectivity index (χ3n) is 3.69. The van der Waals surface area contributed by atoms with Crippen LogP contribution in [0.3, 0.4) is 0 Å². The fraction of sp³-hybridized carbons (Fsp3) is 0.375. The molecule has 1 atom stereocenters. The summed E-state index contributed by atoms with van der Waals surface area (Å²) in [6.07, 6.45) is 1.75. The Labute approximate surface area is 127 Å². The van der Waals surface area contributed by atoms with Crippen LogP contribution in [-0.2, 0) is 4.74 Å². The molecule has 1 aromatic heterocycles. The minimum Gasteiger partial charge on any atom is -0.375 e. The van der Waals surface area contributed by atoms with Crippen LogP contribution in [-0.4, -0.2) is 24.7 Å². The Bertz CT molecular complexity index is 667. The van der Waals surface area contributed by atoms with Crippen LogP contribution in [0.25, 0.3) is 0 Å². The van der Waals surface area contributed by atoms with Gasteiger partial charge in [-0.3, -0.25) is 4.79 Å². The maximum Gasteiger partial charge on any atom is 0.273 e. The van der Waals surface area contributed by atoms with Gasteiger partial charge in [-0.05, 0) is 30.5 Å². The summed E-state index contributed by atoms with van der Waals surface area (Å²) >= 11 is 0. The molecule has 1 fully saturated rings. The van der Waals surface area contributed by atoms with E-state index >= 15 is 0 Å². The molecule has 1 N–H and O–H groups in total. The highest BCUT2D eigenvalue weighted by Gasteiger charge is 2.29. The number of halogens is 1. The number of carbonyl (C=O) groups excluding carboxylic acids is 1. The van der Waals surface area contributed by atoms with E-state index in [0.717, 1.165) is 18.6 Å². The van der Waals surface area contributed by atoms with Crippen LogP contribution in [0.5, 0.6) is 0 Å².